The first-order chi connectivity index (χ1) is 20.0. The van der Waals surface area contributed by atoms with E-state index in [1.807, 2.05) is 0 Å². The molecule has 0 unspecified atom stereocenters. The predicted molar refractivity (Wildman–Crippen MR) is 144 cm³/mol. The molecule has 0 aromatic heterocycles. The highest BCUT2D eigenvalue weighted by atomic mass is 32.2. The Balaban J connectivity index is 1.94. The molecule has 0 saturated heterocycles. The second-order valence-electron chi connectivity index (χ2n) is 8.40. The molecule has 10 nitrogen and oxygen atoms in total. The maximum Gasteiger partial charge on any atom is 0.437 e. The van der Waals surface area contributed by atoms with E-state index in [1.165, 1.54) is 31.2 Å². The van der Waals surface area contributed by atoms with Gasteiger partial charge in [-0.15, -0.1) is 6.58 Å². The molecular weight excluding hydrogens is 634 g/mol. The van der Waals surface area contributed by atoms with Gasteiger partial charge in [0.15, 0.2) is 11.4 Å². The van der Waals surface area contributed by atoms with Crippen LogP contribution in [0.15, 0.2) is 71.5 Å². The number of rotatable bonds is 16. The lowest BCUT2D eigenvalue weighted by Gasteiger charge is -2.12. The van der Waals surface area contributed by atoms with Crippen LogP contribution >= 0.6 is 0 Å². The average Bonchev–Trinajstić information content (AvgIpc) is 2.88. The van der Waals surface area contributed by atoms with Gasteiger partial charge in [0.05, 0.1) is 19.0 Å². The number of oxime groups is 2. The summed E-state index contributed by atoms with van der Waals surface area (Å²) in [5.74, 6) is -0.875. The lowest BCUT2D eigenvalue weighted by atomic mass is 10.1. The van der Waals surface area contributed by atoms with E-state index in [1.54, 1.807) is 0 Å². The van der Waals surface area contributed by atoms with Crippen LogP contribution in [0, 0.1) is 0 Å². The van der Waals surface area contributed by atoms with Crippen molar-refractivity contribution in [2.45, 2.75) is 32.1 Å². The van der Waals surface area contributed by atoms with Crippen molar-refractivity contribution in [2.75, 3.05) is 24.7 Å². The van der Waals surface area contributed by atoms with Crippen molar-refractivity contribution in [2.24, 2.45) is 10.3 Å². The summed E-state index contributed by atoms with van der Waals surface area (Å²) in [6, 6.07) is 8.88. The van der Waals surface area contributed by atoms with Crippen molar-refractivity contribution < 1.29 is 61.2 Å². The number of hydrogen-bond donors (Lipinski definition) is 0. The highest BCUT2D eigenvalue weighted by Crippen LogP contribution is 2.26. The van der Waals surface area contributed by atoms with Crippen LogP contribution in [0.5, 0.6) is 11.5 Å². The highest BCUT2D eigenvalue weighted by Gasteiger charge is 2.39. The summed E-state index contributed by atoms with van der Waals surface area (Å²) in [6.45, 7) is 4.77. The first-order valence-electron chi connectivity index (χ1n) is 12.2. The smallest absolute Gasteiger partial charge is 0.437 e. The van der Waals surface area contributed by atoms with Crippen molar-refractivity contribution in [3.8, 4) is 11.5 Å². The zero-order chi connectivity index (χ0) is 32.3. The Morgan fingerprint density at radius 2 is 1.14 bits per heavy atom. The fourth-order valence-electron chi connectivity index (χ4n) is 3.04. The van der Waals surface area contributed by atoms with Gasteiger partial charge in [0.1, 0.15) is 17.3 Å². The third kappa shape index (κ3) is 12.1. The van der Waals surface area contributed by atoms with Gasteiger partial charge in [-0.2, -0.15) is 43.2 Å². The highest BCUT2D eigenvalue weighted by molar-refractivity contribution is 7.87. The Hall–Kier alpha value is -3.80. The molecule has 0 saturated carbocycles. The fraction of sp³-hybridized carbons (Fsp3) is 0.360. The van der Waals surface area contributed by atoms with Crippen LogP contribution in [0.1, 0.15) is 30.9 Å². The second-order valence-corrected chi connectivity index (χ2v) is 11.7. The Morgan fingerprint density at radius 3 is 1.49 bits per heavy atom. The van der Waals surface area contributed by atoms with E-state index in [9.17, 15) is 43.2 Å². The third-order valence-electron chi connectivity index (χ3n) is 4.88. The van der Waals surface area contributed by atoms with Crippen molar-refractivity contribution in [1.29, 1.82) is 0 Å². The van der Waals surface area contributed by atoms with Gasteiger partial charge >= 0.3 is 32.6 Å². The summed E-state index contributed by atoms with van der Waals surface area (Å²) in [7, 11) is -8.64. The fourth-order valence-corrected chi connectivity index (χ4v) is 4.34. The summed E-state index contributed by atoms with van der Waals surface area (Å²) in [4.78, 5) is 0. The summed E-state index contributed by atoms with van der Waals surface area (Å²) >= 11 is 0. The molecule has 2 aromatic carbocycles. The molecule has 0 aliphatic carbocycles. The lowest BCUT2D eigenvalue weighted by molar-refractivity contribution is -0.0606. The van der Waals surface area contributed by atoms with Crippen LogP contribution in [0.4, 0.5) is 26.3 Å². The van der Waals surface area contributed by atoms with E-state index in [-0.39, 0.29) is 37.6 Å². The average molecular weight is 661 g/mol. The van der Waals surface area contributed by atoms with Crippen LogP contribution in [0.2, 0.25) is 0 Å². The molecule has 2 aromatic rings. The Labute approximate surface area is 243 Å². The molecular formula is C25H26F6N2O8S2. The zero-order valence-corrected chi connectivity index (χ0v) is 24.0. The molecule has 0 heterocycles. The third-order valence-corrected chi connectivity index (χ3v) is 7.03. The number of alkyl halides is 6. The first kappa shape index (κ1) is 35.4. The largest absolute Gasteiger partial charge is 0.493 e. The molecule has 43 heavy (non-hydrogen) atoms. The van der Waals surface area contributed by atoms with Crippen LogP contribution in [0.25, 0.3) is 0 Å². The molecule has 0 amide bonds. The number of halogens is 6. The zero-order valence-electron chi connectivity index (χ0n) is 22.4. The van der Waals surface area contributed by atoms with Crippen LogP contribution in [0.3, 0.4) is 0 Å². The van der Waals surface area contributed by atoms with Gasteiger partial charge in [-0.1, -0.05) is 23.3 Å². The molecule has 18 heteroatoms. The molecule has 0 radical (unpaired) electrons. The molecule has 2 rings (SSSR count). The van der Waals surface area contributed by atoms with E-state index in [2.05, 4.69) is 25.5 Å². The SMILES string of the molecule is C=CCS(=O)(=O)ON=C(c1ccc(OCCCOc2ccc(C(=NOS(=O)(=O)CCC)C(F)(F)F)cc2)cc1)C(F)(F)F. The van der Waals surface area contributed by atoms with E-state index < -0.39 is 66.6 Å². The minimum atomic E-state index is -5.02. The lowest BCUT2D eigenvalue weighted by Crippen LogP contribution is -2.25. The van der Waals surface area contributed by atoms with Crippen molar-refractivity contribution in [1.82, 2.24) is 0 Å². The topological polar surface area (TPSA) is 130 Å². The Morgan fingerprint density at radius 1 is 0.744 bits per heavy atom. The molecule has 0 spiro atoms. The summed E-state index contributed by atoms with van der Waals surface area (Å²) in [5, 5.41) is 5.56. The van der Waals surface area contributed by atoms with E-state index in [4.69, 9.17) is 9.47 Å². The summed E-state index contributed by atoms with van der Waals surface area (Å²) < 4.78 is 145. The van der Waals surface area contributed by atoms with Gasteiger partial charge in [-0.25, -0.2) is 0 Å². The standard InChI is InChI=1S/C25H26F6N2O8S2/c1-3-16-42(34,35)40-32-22(24(26,27)28)18-6-10-20(11-7-18)38-14-5-15-39-21-12-8-19(9-13-21)23(25(29,30)31)33-41-43(36,37)17-4-2/h3,6-13H,1,4-5,14-17H2,2H3. The minimum absolute atomic E-state index is 0.0506. The minimum Gasteiger partial charge on any atom is -0.493 e. The molecule has 0 N–H and O–H groups in total. The second kappa shape index (κ2) is 15.1. The van der Waals surface area contributed by atoms with Crippen molar-refractivity contribution in [3.05, 3.63) is 72.3 Å². The number of ether oxygens (including phenoxy) is 2. The first-order valence-corrected chi connectivity index (χ1v) is 15.3. The quantitative estimate of drug-likeness (QED) is 0.0774. The van der Waals surface area contributed by atoms with Gasteiger partial charge in [0.25, 0.3) is 0 Å². The maximum atomic E-state index is 13.4. The normalized spacial score (nSPS) is 13.4. The maximum absolute atomic E-state index is 13.4. The van der Waals surface area contributed by atoms with Crippen LogP contribution < -0.4 is 9.47 Å². The Kier molecular flexibility index (Phi) is 12.4. The Bertz CT molecular complexity index is 1490. The van der Waals surface area contributed by atoms with Crippen molar-refractivity contribution in [3.63, 3.8) is 0 Å². The van der Waals surface area contributed by atoms with E-state index in [0.717, 1.165) is 30.3 Å². The van der Waals surface area contributed by atoms with E-state index >= 15 is 0 Å². The summed E-state index contributed by atoms with van der Waals surface area (Å²) in [6.07, 6.45) is -8.69. The number of nitrogens with zero attached hydrogens (tertiary/aromatic N) is 2. The van der Waals surface area contributed by atoms with Gasteiger partial charge < -0.3 is 9.47 Å². The molecule has 238 valence electrons. The summed E-state index contributed by atoms with van der Waals surface area (Å²) in [5.41, 5.74) is -4.05. The monoisotopic (exact) mass is 660 g/mol. The van der Waals surface area contributed by atoms with Crippen LogP contribution in [-0.2, 0) is 28.8 Å². The van der Waals surface area contributed by atoms with Gasteiger partial charge in [0.2, 0.25) is 0 Å². The number of hydrogen-bond acceptors (Lipinski definition) is 10. The molecule has 0 atom stereocenters. The molecule has 0 bridgehead atoms. The van der Waals surface area contributed by atoms with Gasteiger partial charge in [-0.3, -0.25) is 8.57 Å². The van der Waals surface area contributed by atoms with Crippen molar-refractivity contribution >= 4 is 31.7 Å². The van der Waals surface area contributed by atoms with Crippen LogP contribution in [-0.4, -0.2) is 65.3 Å². The molecule has 0 fully saturated rings. The number of benzene rings is 2. The van der Waals surface area contributed by atoms with E-state index in [0.29, 0.717) is 0 Å². The molecule has 0 aliphatic heterocycles. The van der Waals surface area contributed by atoms with Gasteiger partial charge in [0, 0.05) is 17.5 Å². The molecule has 0 aliphatic rings. The van der Waals surface area contributed by atoms with Gasteiger partial charge in [-0.05, 0) is 55.0 Å². The predicted octanol–water partition coefficient (Wildman–Crippen LogP) is 5.36.